The Kier molecular flexibility index (Phi) is 7.03. The largest absolute Gasteiger partial charge is 0.332 e. The number of nitrogens with one attached hydrogen (secondary N) is 2. The number of carbonyl (C=O) groups excluding carboxylic acids is 1. The van der Waals surface area contributed by atoms with Crippen LogP contribution in [-0.2, 0) is 6.42 Å². The van der Waals surface area contributed by atoms with Gasteiger partial charge in [-0.1, -0.05) is 31.5 Å². The normalized spacial score (nSPS) is 10.9. The third-order valence-corrected chi connectivity index (χ3v) is 6.16. The fourth-order valence-electron chi connectivity index (χ4n) is 3.71. The number of aromatic nitrogens is 3. The standard InChI is InChI=1S/C27H29N5OS/c1-5-6-7-20-9-12-22(13-10-20)32-30-24-15-19(4)23(16-25(24)31-32)28-27(34)29-26(33)21-11-8-17(2)18(3)14-21/h8-16H,5-7H2,1-4H3,(H2,28,29,33,34). The van der Waals surface area contributed by atoms with E-state index in [2.05, 4.69) is 39.9 Å². The second-order valence-corrected chi connectivity index (χ2v) is 9.03. The van der Waals surface area contributed by atoms with Crippen molar-refractivity contribution in [3.05, 3.63) is 82.4 Å². The Morgan fingerprint density at radius 3 is 2.29 bits per heavy atom. The number of unbranched alkanes of at least 4 members (excludes halogenated alkanes) is 1. The summed E-state index contributed by atoms with van der Waals surface area (Å²) in [6.45, 7) is 8.16. The lowest BCUT2D eigenvalue weighted by Crippen LogP contribution is -2.34. The first-order chi connectivity index (χ1) is 16.3. The Hall–Kier alpha value is -3.58. The Morgan fingerprint density at radius 2 is 1.62 bits per heavy atom. The number of anilines is 1. The van der Waals surface area contributed by atoms with Gasteiger partial charge in [-0.3, -0.25) is 10.1 Å². The van der Waals surface area contributed by atoms with E-state index >= 15 is 0 Å². The van der Waals surface area contributed by atoms with E-state index in [1.165, 1.54) is 18.4 Å². The monoisotopic (exact) mass is 471 g/mol. The molecule has 6 nitrogen and oxygen atoms in total. The molecule has 0 atom stereocenters. The smallest absolute Gasteiger partial charge is 0.257 e. The fourth-order valence-corrected chi connectivity index (χ4v) is 3.91. The molecule has 0 unspecified atom stereocenters. The van der Waals surface area contributed by atoms with Crippen molar-refractivity contribution in [2.45, 2.75) is 47.0 Å². The lowest BCUT2D eigenvalue weighted by Gasteiger charge is -2.12. The summed E-state index contributed by atoms with van der Waals surface area (Å²) in [5.74, 6) is -0.243. The maximum Gasteiger partial charge on any atom is 0.257 e. The van der Waals surface area contributed by atoms with Gasteiger partial charge in [-0.05, 0) is 104 Å². The highest BCUT2D eigenvalue weighted by Crippen LogP contribution is 2.22. The molecular formula is C27H29N5OS. The molecule has 0 aliphatic heterocycles. The van der Waals surface area contributed by atoms with Gasteiger partial charge in [0.05, 0.1) is 5.69 Å². The molecule has 174 valence electrons. The first-order valence-electron chi connectivity index (χ1n) is 11.5. The molecule has 4 rings (SSSR count). The maximum atomic E-state index is 12.6. The molecule has 3 aromatic carbocycles. The topological polar surface area (TPSA) is 71.8 Å². The summed E-state index contributed by atoms with van der Waals surface area (Å²) in [4.78, 5) is 14.2. The number of hydrogen-bond acceptors (Lipinski definition) is 4. The van der Waals surface area contributed by atoms with Crippen LogP contribution in [0.1, 0.15) is 52.4 Å². The van der Waals surface area contributed by atoms with E-state index in [1.807, 2.05) is 57.2 Å². The molecule has 1 heterocycles. The molecule has 0 radical (unpaired) electrons. The van der Waals surface area contributed by atoms with Gasteiger partial charge in [-0.2, -0.15) is 4.80 Å². The Balaban J connectivity index is 1.48. The van der Waals surface area contributed by atoms with Gasteiger partial charge in [-0.15, -0.1) is 10.2 Å². The molecule has 4 aromatic rings. The number of hydrogen-bond donors (Lipinski definition) is 2. The molecule has 1 aromatic heterocycles. The van der Waals surface area contributed by atoms with Gasteiger partial charge in [0, 0.05) is 11.3 Å². The number of carbonyl (C=O) groups is 1. The predicted octanol–water partition coefficient (Wildman–Crippen LogP) is 5.82. The van der Waals surface area contributed by atoms with E-state index < -0.39 is 0 Å². The summed E-state index contributed by atoms with van der Waals surface area (Å²) in [5.41, 5.74) is 8.28. The zero-order chi connectivity index (χ0) is 24.2. The van der Waals surface area contributed by atoms with E-state index in [0.717, 1.165) is 45.5 Å². The number of thiocarbonyl (C=S) groups is 1. The van der Waals surface area contributed by atoms with E-state index in [0.29, 0.717) is 5.56 Å². The lowest BCUT2D eigenvalue weighted by molar-refractivity contribution is 0.0977. The van der Waals surface area contributed by atoms with Crippen LogP contribution in [0.25, 0.3) is 16.7 Å². The van der Waals surface area contributed by atoms with Crippen molar-refractivity contribution < 1.29 is 4.79 Å². The first kappa shape index (κ1) is 23.6. The summed E-state index contributed by atoms with van der Waals surface area (Å²) in [7, 11) is 0. The molecule has 0 bridgehead atoms. The molecule has 0 fully saturated rings. The summed E-state index contributed by atoms with van der Waals surface area (Å²) >= 11 is 5.39. The van der Waals surface area contributed by atoms with Crippen molar-refractivity contribution in [1.29, 1.82) is 0 Å². The third-order valence-electron chi connectivity index (χ3n) is 5.96. The molecule has 0 spiro atoms. The van der Waals surface area contributed by atoms with Crippen molar-refractivity contribution in [3.8, 4) is 5.69 Å². The minimum absolute atomic E-state index is 0.237. The van der Waals surface area contributed by atoms with Crippen LogP contribution in [0.15, 0.2) is 54.6 Å². The fraction of sp³-hybridized carbons (Fsp3) is 0.259. The molecule has 34 heavy (non-hydrogen) atoms. The second-order valence-electron chi connectivity index (χ2n) is 8.62. The number of rotatable bonds is 6. The molecule has 7 heteroatoms. The zero-order valence-electron chi connectivity index (χ0n) is 20.0. The van der Waals surface area contributed by atoms with Gasteiger partial charge < -0.3 is 5.32 Å². The van der Waals surface area contributed by atoms with Crippen LogP contribution in [0.2, 0.25) is 0 Å². The van der Waals surface area contributed by atoms with Gasteiger partial charge in [0.15, 0.2) is 5.11 Å². The molecule has 0 aliphatic carbocycles. The number of benzene rings is 3. The van der Waals surface area contributed by atoms with Crippen LogP contribution < -0.4 is 10.6 Å². The molecule has 0 aliphatic rings. The van der Waals surface area contributed by atoms with E-state index in [9.17, 15) is 4.79 Å². The Morgan fingerprint density at radius 1 is 0.912 bits per heavy atom. The Labute approximate surface area is 205 Å². The van der Waals surface area contributed by atoms with Crippen LogP contribution in [0.5, 0.6) is 0 Å². The molecule has 0 saturated carbocycles. The van der Waals surface area contributed by atoms with E-state index in [4.69, 9.17) is 12.2 Å². The molecular weight excluding hydrogens is 442 g/mol. The van der Waals surface area contributed by atoms with Gasteiger partial charge in [0.25, 0.3) is 5.91 Å². The van der Waals surface area contributed by atoms with Crippen molar-refractivity contribution in [3.63, 3.8) is 0 Å². The number of aryl methyl sites for hydroxylation is 4. The quantitative estimate of drug-likeness (QED) is 0.347. The zero-order valence-corrected chi connectivity index (χ0v) is 20.8. The van der Waals surface area contributed by atoms with E-state index in [-0.39, 0.29) is 11.0 Å². The van der Waals surface area contributed by atoms with E-state index in [1.54, 1.807) is 10.9 Å². The van der Waals surface area contributed by atoms with Crippen LogP contribution in [0.3, 0.4) is 0 Å². The van der Waals surface area contributed by atoms with Gasteiger partial charge in [-0.25, -0.2) is 0 Å². The van der Waals surface area contributed by atoms with Crippen LogP contribution in [0, 0.1) is 20.8 Å². The third kappa shape index (κ3) is 5.31. The maximum absolute atomic E-state index is 12.6. The van der Waals surface area contributed by atoms with Crippen molar-refractivity contribution in [1.82, 2.24) is 20.3 Å². The van der Waals surface area contributed by atoms with Gasteiger partial charge in [0.2, 0.25) is 0 Å². The number of fused-ring (bicyclic) bond motifs is 1. The average molecular weight is 472 g/mol. The van der Waals surface area contributed by atoms with Gasteiger partial charge >= 0.3 is 0 Å². The lowest BCUT2D eigenvalue weighted by atomic mass is 10.1. The number of amides is 1. The van der Waals surface area contributed by atoms with Crippen molar-refractivity contribution in [2.24, 2.45) is 0 Å². The summed E-state index contributed by atoms with van der Waals surface area (Å²) in [6, 6.07) is 17.8. The highest BCUT2D eigenvalue weighted by atomic mass is 32.1. The second kappa shape index (κ2) is 10.1. The van der Waals surface area contributed by atoms with Crippen molar-refractivity contribution in [2.75, 3.05) is 5.32 Å². The summed E-state index contributed by atoms with van der Waals surface area (Å²) in [6.07, 6.45) is 3.45. The predicted molar refractivity (Wildman–Crippen MR) is 142 cm³/mol. The molecule has 0 saturated heterocycles. The van der Waals surface area contributed by atoms with Gasteiger partial charge in [0.1, 0.15) is 11.0 Å². The molecule has 2 N–H and O–H groups in total. The molecule has 1 amide bonds. The highest BCUT2D eigenvalue weighted by Gasteiger charge is 2.12. The first-order valence-corrected chi connectivity index (χ1v) is 11.9. The summed E-state index contributed by atoms with van der Waals surface area (Å²) in [5, 5.41) is 15.4. The van der Waals surface area contributed by atoms with Crippen LogP contribution >= 0.6 is 12.2 Å². The minimum Gasteiger partial charge on any atom is -0.332 e. The highest BCUT2D eigenvalue weighted by molar-refractivity contribution is 7.80. The minimum atomic E-state index is -0.243. The average Bonchev–Trinajstić information content (AvgIpc) is 3.22. The summed E-state index contributed by atoms with van der Waals surface area (Å²) < 4.78 is 0. The SMILES string of the molecule is CCCCc1ccc(-n2nc3cc(C)c(NC(=S)NC(=O)c4ccc(C)c(C)c4)cc3n2)cc1. The number of nitrogens with zero attached hydrogens (tertiary/aromatic N) is 3. The van der Waals surface area contributed by atoms with Crippen LogP contribution in [0.4, 0.5) is 5.69 Å². The van der Waals surface area contributed by atoms with Crippen molar-refractivity contribution >= 4 is 40.0 Å². The Bertz CT molecular complexity index is 1360. The van der Waals surface area contributed by atoms with Crippen LogP contribution in [-0.4, -0.2) is 26.0 Å².